The molecule has 25 heavy (non-hydrogen) atoms. The van der Waals surface area contributed by atoms with Crippen molar-refractivity contribution >= 4 is 0 Å². The van der Waals surface area contributed by atoms with Gasteiger partial charge in [-0.3, -0.25) is 0 Å². The lowest BCUT2D eigenvalue weighted by molar-refractivity contribution is 0.0869. The highest BCUT2D eigenvalue weighted by atomic mass is 16.3. The van der Waals surface area contributed by atoms with Gasteiger partial charge in [0.15, 0.2) is 0 Å². The van der Waals surface area contributed by atoms with E-state index < -0.39 is 0 Å². The molecule has 0 aromatic rings. The Morgan fingerprint density at radius 3 is 1.36 bits per heavy atom. The smallest absolute Gasteiger partial charge is 0.0542 e. The third-order valence-corrected chi connectivity index (χ3v) is 6.11. The maximum Gasteiger partial charge on any atom is 0.0542 e. The Bertz CT molecular complexity index is 295. The summed E-state index contributed by atoms with van der Waals surface area (Å²) < 4.78 is 0. The molecule has 3 saturated carbocycles. The third kappa shape index (κ3) is 9.93. The Hall–Kier alpha value is -0.160. The van der Waals surface area contributed by atoms with E-state index in [1.54, 1.807) is 0 Å². The van der Waals surface area contributed by atoms with Crippen LogP contribution in [0.1, 0.15) is 84.5 Å². The van der Waals surface area contributed by atoms with E-state index in [0.29, 0.717) is 11.8 Å². The van der Waals surface area contributed by atoms with Crippen LogP contribution in [-0.2, 0) is 0 Å². The highest BCUT2D eigenvalue weighted by Crippen LogP contribution is 2.28. The van der Waals surface area contributed by atoms with Gasteiger partial charge >= 0.3 is 0 Å². The standard InChI is InChI=1S/C8H16O2.C7H14O.C6H12O/c9-5-7-3-1-2-4-8(7)6-10;1-6-3-2-4-7(8)5-6;1-5-2-3-6(7)4-5/h7-10H,1-6H2;6-8H,2-5H2,1H3;5-7H,2-4H2,1H3. The molecule has 3 aliphatic rings. The molecule has 0 aliphatic heterocycles. The van der Waals surface area contributed by atoms with Gasteiger partial charge in [-0.05, 0) is 68.6 Å². The normalized spacial score (nSPS) is 38.2. The van der Waals surface area contributed by atoms with Gasteiger partial charge in [0.05, 0.1) is 12.2 Å². The molecule has 6 atom stereocenters. The first kappa shape index (κ1) is 22.9. The summed E-state index contributed by atoms with van der Waals surface area (Å²) in [5.74, 6) is 2.28. The van der Waals surface area contributed by atoms with E-state index in [-0.39, 0.29) is 25.4 Å². The van der Waals surface area contributed by atoms with E-state index in [4.69, 9.17) is 20.4 Å². The summed E-state index contributed by atoms with van der Waals surface area (Å²) in [6.45, 7) is 4.91. The zero-order chi connectivity index (χ0) is 18.7. The Labute approximate surface area is 154 Å². The number of hydrogen-bond donors (Lipinski definition) is 4. The van der Waals surface area contributed by atoms with E-state index in [9.17, 15) is 0 Å². The minimum Gasteiger partial charge on any atom is -0.396 e. The van der Waals surface area contributed by atoms with Crippen LogP contribution >= 0.6 is 0 Å². The lowest BCUT2D eigenvalue weighted by atomic mass is 9.80. The van der Waals surface area contributed by atoms with Gasteiger partial charge in [-0.1, -0.05) is 39.5 Å². The van der Waals surface area contributed by atoms with E-state index in [0.717, 1.165) is 50.4 Å². The van der Waals surface area contributed by atoms with Gasteiger partial charge in [0.2, 0.25) is 0 Å². The molecule has 0 aromatic heterocycles. The molecule has 0 heterocycles. The first-order chi connectivity index (χ1) is 12.0. The average Bonchev–Trinajstić information content (AvgIpc) is 2.98. The summed E-state index contributed by atoms with van der Waals surface area (Å²) in [6.07, 6.45) is 12.6. The van der Waals surface area contributed by atoms with Crippen LogP contribution in [0.5, 0.6) is 0 Å². The van der Waals surface area contributed by atoms with Gasteiger partial charge in [-0.2, -0.15) is 0 Å². The predicted octanol–water partition coefficient (Wildman–Crippen LogP) is 3.50. The molecule has 0 saturated heterocycles. The molecule has 0 spiro atoms. The van der Waals surface area contributed by atoms with Crippen LogP contribution in [0.4, 0.5) is 0 Å². The van der Waals surface area contributed by atoms with Gasteiger partial charge in [0, 0.05) is 13.2 Å². The zero-order valence-electron chi connectivity index (χ0n) is 16.4. The van der Waals surface area contributed by atoms with Gasteiger partial charge < -0.3 is 20.4 Å². The summed E-state index contributed by atoms with van der Waals surface area (Å²) in [5, 5.41) is 35.7. The van der Waals surface area contributed by atoms with Crippen molar-refractivity contribution < 1.29 is 20.4 Å². The van der Waals surface area contributed by atoms with E-state index in [2.05, 4.69) is 13.8 Å². The van der Waals surface area contributed by atoms with Crippen LogP contribution in [0.15, 0.2) is 0 Å². The largest absolute Gasteiger partial charge is 0.396 e. The van der Waals surface area contributed by atoms with E-state index in [1.165, 1.54) is 32.1 Å². The molecule has 0 radical (unpaired) electrons. The SMILES string of the molecule is CC1CCC(O)C1.CC1CCCC(O)C1.OCC1CCCCC1CO. The monoisotopic (exact) mass is 358 g/mol. The van der Waals surface area contributed by atoms with E-state index in [1.807, 2.05) is 0 Å². The summed E-state index contributed by atoms with van der Waals surface area (Å²) in [4.78, 5) is 0. The Morgan fingerprint density at radius 1 is 0.600 bits per heavy atom. The maximum atomic E-state index is 9.08. The number of rotatable bonds is 2. The molecule has 4 N–H and O–H groups in total. The number of aliphatic hydroxyl groups excluding tert-OH is 4. The van der Waals surface area contributed by atoms with Crippen molar-refractivity contribution in [2.75, 3.05) is 13.2 Å². The Balaban J connectivity index is 0.000000191. The third-order valence-electron chi connectivity index (χ3n) is 6.11. The molecule has 4 nitrogen and oxygen atoms in total. The fourth-order valence-corrected chi connectivity index (χ4v) is 4.34. The molecule has 0 aromatic carbocycles. The van der Waals surface area contributed by atoms with Crippen molar-refractivity contribution in [1.82, 2.24) is 0 Å². The molecule has 0 amide bonds. The molecule has 150 valence electrons. The molecule has 6 unspecified atom stereocenters. The lowest BCUT2D eigenvalue weighted by Gasteiger charge is -2.28. The van der Waals surface area contributed by atoms with Crippen molar-refractivity contribution in [3.8, 4) is 0 Å². The quantitative estimate of drug-likeness (QED) is 0.609. The first-order valence-corrected chi connectivity index (χ1v) is 10.5. The minimum absolute atomic E-state index is 0.0127. The zero-order valence-corrected chi connectivity index (χ0v) is 16.4. The molecular weight excluding hydrogens is 316 g/mol. The minimum atomic E-state index is 0.0127. The van der Waals surface area contributed by atoms with Crippen molar-refractivity contribution in [3.05, 3.63) is 0 Å². The summed E-state index contributed by atoms with van der Waals surface area (Å²) in [5.41, 5.74) is 0. The summed E-state index contributed by atoms with van der Waals surface area (Å²) in [7, 11) is 0. The highest BCUT2D eigenvalue weighted by molar-refractivity contribution is 4.73. The van der Waals surface area contributed by atoms with Crippen LogP contribution in [0, 0.1) is 23.7 Å². The molecule has 3 fully saturated rings. The summed E-state index contributed by atoms with van der Waals surface area (Å²) >= 11 is 0. The second-order valence-corrected chi connectivity index (χ2v) is 8.67. The molecule has 0 bridgehead atoms. The molecular formula is C21H42O4. The average molecular weight is 359 g/mol. The van der Waals surface area contributed by atoms with Crippen LogP contribution in [0.3, 0.4) is 0 Å². The highest BCUT2D eigenvalue weighted by Gasteiger charge is 2.23. The fraction of sp³-hybridized carbons (Fsp3) is 1.00. The maximum absolute atomic E-state index is 9.08. The predicted molar refractivity (Wildman–Crippen MR) is 102 cm³/mol. The van der Waals surface area contributed by atoms with Crippen LogP contribution in [0.2, 0.25) is 0 Å². The van der Waals surface area contributed by atoms with Crippen molar-refractivity contribution in [1.29, 1.82) is 0 Å². The topological polar surface area (TPSA) is 80.9 Å². The first-order valence-electron chi connectivity index (χ1n) is 10.5. The fourth-order valence-electron chi connectivity index (χ4n) is 4.34. The Kier molecular flexibility index (Phi) is 12.0. The van der Waals surface area contributed by atoms with Crippen molar-refractivity contribution in [2.24, 2.45) is 23.7 Å². The lowest BCUT2D eigenvalue weighted by Crippen LogP contribution is -2.25. The molecule has 3 rings (SSSR count). The number of aliphatic hydroxyl groups is 4. The second-order valence-electron chi connectivity index (χ2n) is 8.67. The van der Waals surface area contributed by atoms with E-state index >= 15 is 0 Å². The van der Waals surface area contributed by atoms with Gasteiger partial charge in [0.1, 0.15) is 0 Å². The van der Waals surface area contributed by atoms with Crippen molar-refractivity contribution in [2.45, 2.75) is 96.7 Å². The van der Waals surface area contributed by atoms with Crippen molar-refractivity contribution in [3.63, 3.8) is 0 Å². The van der Waals surface area contributed by atoms with Crippen LogP contribution in [0.25, 0.3) is 0 Å². The van der Waals surface area contributed by atoms with Crippen LogP contribution in [-0.4, -0.2) is 45.8 Å². The summed E-state index contributed by atoms with van der Waals surface area (Å²) in [6, 6.07) is 0. The Morgan fingerprint density at radius 2 is 1.08 bits per heavy atom. The molecule has 3 aliphatic carbocycles. The van der Waals surface area contributed by atoms with Crippen LogP contribution < -0.4 is 0 Å². The second kappa shape index (κ2) is 13.1. The van der Waals surface area contributed by atoms with Gasteiger partial charge in [0.25, 0.3) is 0 Å². The van der Waals surface area contributed by atoms with Gasteiger partial charge in [-0.15, -0.1) is 0 Å². The number of hydrogen-bond acceptors (Lipinski definition) is 4. The van der Waals surface area contributed by atoms with Gasteiger partial charge in [-0.25, -0.2) is 0 Å². The molecule has 4 heteroatoms.